The molecule has 0 radical (unpaired) electrons. The fraction of sp³-hybridized carbons (Fsp3) is 0.533. The normalized spacial score (nSPS) is 16.7. The Hall–Kier alpha value is -1.35. The van der Waals surface area contributed by atoms with Crippen LogP contribution in [-0.4, -0.2) is 38.0 Å². The molecule has 1 aromatic carbocycles. The van der Waals surface area contributed by atoms with E-state index in [2.05, 4.69) is 41.4 Å². The van der Waals surface area contributed by atoms with E-state index in [-0.39, 0.29) is 11.3 Å². The van der Waals surface area contributed by atoms with Gasteiger partial charge in [-0.3, -0.25) is 4.79 Å². The van der Waals surface area contributed by atoms with Crippen LogP contribution in [0.2, 0.25) is 0 Å². The Balaban J connectivity index is 1.98. The fourth-order valence-electron chi connectivity index (χ4n) is 2.21. The zero-order valence-electron chi connectivity index (χ0n) is 11.5. The summed E-state index contributed by atoms with van der Waals surface area (Å²) < 4.78 is 0. The van der Waals surface area contributed by atoms with Gasteiger partial charge in [-0.15, -0.1) is 0 Å². The molecule has 1 aliphatic carbocycles. The number of rotatable bonds is 5. The van der Waals surface area contributed by atoms with Crippen molar-refractivity contribution in [3.63, 3.8) is 0 Å². The quantitative estimate of drug-likeness (QED) is 0.857. The topological polar surface area (TPSA) is 32.3 Å². The highest BCUT2D eigenvalue weighted by atomic mass is 16.2. The first-order valence-corrected chi connectivity index (χ1v) is 6.55. The average molecular weight is 246 g/mol. The molecule has 0 unspecified atom stereocenters. The predicted octanol–water partition coefficient (Wildman–Crippen LogP) is 1.70. The van der Waals surface area contributed by atoms with E-state index in [1.54, 1.807) is 0 Å². The number of aryl methyl sites for hydroxylation is 1. The molecule has 1 fully saturated rings. The van der Waals surface area contributed by atoms with E-state index in [0.29, 0.717) is 0 Å². The highest BCUT2D eigenvalue weighted by molar-refractivity contribution is 5.91. The minimum absolute atomic E-state index is 0.188. The number of hydrogen-bond donors (Lipinski definition) is 1. The van der Waals surface area contributed by atoms with Gasteiger partial charge in [-0.2, -0.15) is 0 Å². The third-order valence-corrected chi connectivity index (χ3v) is 3.63. The van der Waals surface area contributed by atoms with Crippen molar-refractivity contribution in [3.05, 3.63) is 35.4 Å². The van der Waals surface area contributed by atoms with Crippen molar-refractivity contribution in [2.45, 2.75) is 25.2 Å². The Morgan fingerprint density at radius 3 is 2.39 bits per heavy atom. The fourth-order valence-corrected chi connectivity index (χ4v) is 2.21. The van der Waals surface area contributed by atoms with Crippen molar-refractivity contribution in [3.8, 4) is 0 Å². The van der Waals surface area contributed by atoms with Gasteiger partial charge in [0.15, 0.2) is 0 Å². The molecule has 18 heavy (non-hydrogen) atoms. The zero-order chi connectivity index (χ0) is 13.2. The van der Waals surface area contributed by atoms with Crippen LogP contribution in [0.5, 0.6) is 0 Å². The molecule has 0 bridgehead atoms. The number of likely N-dealkylation sites (N-methyl/N-ethyl adjacent to an activating group) is 1. The van der Waals surface area contributed by atoms with Gasteiger partial charge in [0.05, 0.1) is 5.41 Å². The number of benzene rings is 1. The van der Waals surface area contributed by atoms with Crippen molar-refractivity contribution >= 4 is 5.91 Å². The molecule has 1 saturated carbocycles. The van der Waals surface area contributed by atoms with Crippen molar-refractivity contribution in [2.75, 3.05) is 27.2 Å². The third-order valence-electron chi connectivity index (χ3n) is 3.63. The minimum atomic E-state index is -0.236. The van der Waals surface area contributed by atoms with Crippen molar-refractivity contribution < 1.29 is 4.79 Å². The molecule has 3 nitrogen and oxygen atoms in total. The summed E-state index contributed by atoms with van der Waals surface area (Å²) in [6, 6.07) is 8.35. The maximum atomic E-state index is 12.3. The summed E-state index contributed by atoms with van der Waals surface area (Å²) in [5.41, 5.74) is 2.16. The summed E-state index contributed by atoms with van der Waals surface area (Å²) in [5, 5.41) is 3.05. The number of carbonyl (C=O) groups is 1. The monoisotopic (exact) mass is 246 g/mol. The number of nitrogens with zero attached hydrogens (tertiary/aromatic N) is 1. The maximum absolute atomic E-state index is 12.3. The zero-order valence-corrected chi connectivity index (χ0v) is 11.5. The lowest BCUT2D eigenvalue weighted by atomic mass is 9.94. The van der Waals surface area contributed by atoms with Crippen LogP contribution in [0.15, 0.2) is 24.3 Å². The number of nitrogens with one attached hydrogen (secondary N) is 1. The van der Waals surface area contributed by atoms with Gasteiger partial charge in [-0.1, -0.05) is 29.8 Å². The summed E-state index contributed by atoms with van der Waals surface area (Å²) >= 11 is 0. The van der Waals surface area contributed by atoms with Gasteiger partial charge < -0.3 is 10.2 Å². The van der Waals surface area contributed by atoms with E-state index in [0.717, 1.165) is 31.5 Å². The Morgan fingerprint density at radius 1 is 1.28 bits per heavy atom. The molecule has 0 aromatic heterocycles. The van der Waals surface area contributed by atoms with E-state index < -0.39 is 0 Å². The third kappa shape index (κ3) is 2.72. The van der Waals surface area contributed by atoms with E-state index in [4.69, 9.17) is 0 Å². The Bertz CT molecular complexity index is 419. The molecule has 1 aromatic rings. The van der Waals surface area contributed by atoms with Gasteiger partial charge >= 0.3 is 0 Å². The van der Waals surface area contributed by atoms with Crippen LogP contribution < -0.4 is 5.32 Å². The number of amides is 1. The second-order valence-electron chi connectivity index (χ2n) is 5.51. The first-order chi connectivity index (χ1) is 8.54. The van der Waals surface area contributed by atoms with E-state index in [1.165, 1.54) is 5.56 Å². The van der Waals surface area contributed by atoms with Crippen LogP contribution in [-0.2, 0) is 10.2 Å². The van der Waals surface area contributed by atoms with Crippen LogP contribution in [0.4, 0.5) is 0 Å². The summed E-state index contributed by atoms with van der Waals surface area (Å²) in [6.45, 7) is 3.68. The summed E-state index contributed by atoms with van der Waals surface area (Å²) in [4.78, 5) is 14.3. The smallest absolute Gasteiger partial charge is 0.230 e. The molecular formula is C15H22N2O. The molecular weight excluding hydrogens is 224 g/mol. The van der Waals surface area contributed by atoms with Crippen LogP contribution in [0, 0.1) is 6.92 Å². The Morgan fingerprint density at radius 2 is 1.89 bits per heavy atom. The molecule has 2 rings (SSSR count). The molecule has 3 heteroatoms. The molecule has 98 valence electrons. The van der Waals surface area contributed by atoms with Crippen molar-refractivity contribution in [1.82, 2.24) is 10.2 Å². The molecule has 0 saturated heterocycles. The van der Waals surface area contributed by atoms with Crippen LogP contribution in [0.3, 0.4) is 0 Å². The molecule has 1 N–H and O–H groups in total. The van der Waals surface area contributed by atoms with Gasteiger partial charge in [0.2, 0.25) is 5.91 Å². The van der Waals surface area contributed by atoms with Gasteiger partial charge in [0.1, 0.15) is 0 Å². The summed E-state index contributed by atoms with van der Waals surface area (Å²) in [7, 11) is 4.03. The lowest BCUT2D eigenvalue weighted by Gasteiger charge is -2.17. The molecule has 1 aliphatic rings. The van der Waals surface area contributed by atoms with Crippen LogP contribution in [0.1, 0.15) is 24.0 Å². The van der Waals surface area contributed by atoms with Crippen molar-refractivity contribution in [2.24, 2.45) is 0 Å². The van der Waals surface area contributed by atoms with Crippen molar-refractivity contribution in [1.29, 1.82) is 0 Å². The predicted molar refractivity (Wildman–Crippen MR) is 73.7 cm³/mol. The van der Waals surface area contributed by atoms with Crippen LogP contribution >= 0.6 is 0 Å². The lowest BCUT2D eigenvalue weighted by molar-refractivity contribution is -0.123. The largest absolute Gasteiger partial charge is 0.354 e. The van der Waals surface area contributed by atoms with Gasteiger partial charge in [-0.25, -0.2) is 0 Å². The Kier molecular flexibility index (Phi) is 3.71. The SMILES string of the molecule is Cc1ccc(C2(C(=O)NCCN(C)C)CC2)cc1. The average Bonchev–Trinajstić information content (AvgIpc) is 3.10. The second kappa shape index (κ2) is 5.11. The number of carbonyl (C=O) groups excluding carboxylic acids is 1. The molecule has 0 spiro atoms. The van der Waals surface area contributed by atoms with Gasteiger partial charge in [-0.05, 0) is 39.4 Å². The van der Waals surface area contributed by atoms with Crippen LogP contribution in [0.25, 0.3) is 0 Å². The van der Waals surface area contributed by atoms with Gasteiger partial charge in [0, 0.05) is 13.1 Å². The summed E-state index contributed by atoms with van der Waals surface area (Å²) in [6.07, 6.45) is 1.95. The highest BCUT2D eigenvalue weighted by Crippen LogP contribution is 2.48. The molecule has 0 heterocycles. The first-order valence-electron chi connectivity index (χ1n) is 6.55. The van der Waals surface area contributed by atoms with Gasteiger partial charge in [0.25, 0.3) is 0 Å². The number of hydrogen-bond acceptors (Lipinski definition) is 2. The standard InChI is InChI=1S/C15H22N2O/c1-12-4-6-13(7-5-12)15(8-9-15)14(18)16-10-11-17(2)3/h4-7H,8-11H2,1-3H3,(H,16,18). The first kappa shape index (κ1) is 13.1. The van der Waals surface area contributed by atoms with E-state index in [1.807, 2.05) is 14.1 Å². The van der Waals surface area contributed by atoms with E-state index in [9.17, 15) is 4.79 Å². The second-order valence-corrected chi connectivity index (χ2v) is 5.51. The lowest BCUT2D eigenvalue weighted by Crippen LogP contribution is -2.38. The minimum Gasteiger partial charge on any atom is -0.354 e. The molecule has 1 amide bonds. The molecule has 0 aliphatic heterocycles. The maximum Gasteiger partial charge on any atom is 0.230 e. The summed E-state index contributed by atoms with van der Waals surface area (Å²) in [5.74, 6) is 0.188. The molecule has 0 atom stereocenters. The highest BCUT2D eigenvalue weighted by Gasteiger charge is 2.50. The van der Waals surface area contributed by atoms with E-state index >= 15 is 0 Å². The Labute approximate surface area is 109 Å².